The van der Waals surface area contributed by atoms with Crippen LogP contribution in [0.5, 0.6) is 0 Å². The van der Waals surface area contributed by atoms with Gasteiger partial charge in [-0.15, -0.1) is 11.3 Å². The van der Waals surface area contributed by atoms with E-state index in [0.717, 1.165) is 10.4 Å². The molecule has 2 amide bonds. The minimum atomic E-state index is -0.849. The van der Waals surface area contributed by atoms with Gasteiger partial charge < -0.3 is 15.3 Å². The van der Waals surface area contributed by atoms with E-state index >= 15 is 0 Å². The Morgan fingerprint density at radius 3 is 3.00 bits per heavy atom. The molecule has 2 heterocycles. The molecular weight excluding hydrogens is 343 g/mol. The summed E-state index contributed by atoms with van der Waals surface area (Å²) in [5.74, 6) is -1.09. The molecule has 2 N–H and O–H groups in total. The van der Waals surface area contributed by atoms with Gasteiger partial charge in [-0.2, -0.15) is 0 Å². The number of rotatable bonds is 4. The number of carbonyl (C=O) groups is 2. The van der Waals surface area contributed by atoms with Crippen molar-refractivity contribution in [2.75, 3.05) is 13.1 Å². The van der Waals surface area contributed by atoms with E-state index in [1.165, 1.54) is 40.5 Å². The highest BCUT2D eigenvalue weighted by Gasteiger charge is 2.33. The SMILES string of the molecule is O=C1NCCN(C(=O)C=Cc2cc(CO)cs2)C1c1cccc(F)c1. The Bertz CT molecular complexity index is 818. The fourth-order valence-electron chi connectivity index (χ4n) is 2.73. The molecule has 7 heteroatoms. The molecule has 0 aliphatic carbocycles. The Hall–Kier alpha value is -2.51. The smallest absolute Gasteiger partial charge is 0.247 e. The zero-order chi connectivity index (χ0) is 17.8. The number of nitrogens with one attached hydrogen (secondary N) is 1. The van der Waals surface area contributed by atoms with E-state index in [2.05, 4.69) is 5.32 Å². The Balaban J connectivity index is 1.82. The molecule has 0 saturated carbocycles. The molecule has 0 bridgehead atoms. The lowest BCUT2D eigenvalue weighted by molar-refractivity contribution is -0.140. The van der Waals surface area contributed by atoms with Crippen LogP contribution in [0.2, 0.25) is 0 Å². The molecule has 1 unspecified atom stereocenters. The number of amides is 2. The van der Waals surface area contributed by atoms with E-state index in [1.54, 1.807) is 18.2 Å². The molecule has 1 aliphatic rings. The number of benzene rings is 1. The van der Waals surface area contributed by atoms with Crippen LogP contribution in [0.1, 0.15) is 22.0 Å². The molecule has 5 nitrogen and oxygen atoms in total. The van der Waals surface area contributed by atoms with Crippen LogP contribution in [-0.2, 0) is 16.2 Å². The molecule has 3 rings (SSSR count). The fourth-order valence-corrected chi connectivity index (χ4v) is 3.52. The second-order valence-corrected chi connectivity index (χ2v) is 6.57. The summed E-state index contributed by atoms with van der Waals surface area (Å²) in [5, 5.41) is 13.6. The maximum Gasteiger partial charge on any atom is 0.247 e. The third kappa shape index (κ3) is 3.94. The number of hydrogen-bond donors (Lipinski definition) is 2. The van der Waals surface area contributed by atoms with Crippen LogP contribution in [0.3, 0.4) is 0 Å². The number of thiophene rings is 1. The van der Waals surface area contributed by atoms with Gasteiger partial charge in [-0.25, -0.2) is 4.39 Å². The summed E-state index contributed by atoms with van der Waals surface area (Å²) in [6, 6.07) is 6.67. The number of aliphatic hydroxyl groups is 1. The first kappa shape index (κ1) is 17.3. The summed E-state index contributed by atoms with van der Waals surface area (Å²) in [6.07, 6.45) is 3.05. The third-order valence-corrected chi connectivity index (χ3v) is 4.85. The monoisotopic (exact) mass is 360 g/mol. The molecule has 1 atom stereocenters. The Kier molecular flexibility index (Phi) is 5.25. The zero-order valence-corrected chi connectivity index (χ0v) is 14.1. The molecule has 1 aromatic heterocycles. The second-order valence-electron chi connectivity index (χ2n) is 5.63. The van der Waals surface area contributed by atoms with E-state index in [-0.39, 0.29) is 18.4 Å². The average molecular weight is 360 g/mol. The number of nitrogens with zero attached hydrogens (tertiary/aromatic N) is 1. The van der Waals surface area contributed by atoms with Gasteiger partial charge in [0.15, 0.2) is 0 Å². The van der Waals surface area contributed by atoms with Gasteiger partial charge in [0.05, 0.1) is 6.61 Å². The molecule has 1 aliphatic heterocycles. The van der Waals surface area contributed by atoms with Gasteiger partial charge in [-0.1, -0.05) is 12.1 Å². The highest BCUT2D eigenvalue weighted by Crippen LogP contribution is 2.25. The lowest BCUT2D eigenvalue weighted by atomic mass is 10.0. The normalized spacial score (nSPS) is 17.8. The largest absolute Gasteiger partial charge is 0.392 e. The Morgan fingerprint density at radius 1 is 1.44 bits per heavy atom. The summed E-state index contributed by atoms with van der Waals surface area (Å²) in [7, 11) is 0. The molecule has 0 radical (unpaired) electrons. The summed E-state index contributed by atoms with van der Waals surface area (Å²) in [5.41, 5.74) is 1.23. The minimum absolute atomic E-state index is 0.0494. The van der Waals surface area contributed by atoms with Crippen molar-refractivity contribution in [3.63, 3.8) is 0 Å². The van der Waals surface area contributed by atoms with Crippen molar-refractivity contribution in [2.45, 2.75) is 12.6 Å². The van der Waals surface area contributed by atoms with E-state index in [0.29, 0.717) is 18.7 Å². The van der Waals surface area contributed by atoms with Crippen molar-refractivity contribution in [3.8, 4) is 0 Å². The standard InChI is InChI=1S/C18H17FN2O3S/c19-14-3-1-2-13(9-14)17-18(24)20-6-7-21(17)16(23)5-4-15-8-12(10-22)11-25-15/h1-5,8-9,11,17,22H,6-7,10H2,(H,20,24). The van der Waals surface area contributed by atoms with Gasteiger partial charge in [0.2, 0.25) is 11.8 Å². The van der Waals surface area contributed by atoms with Crippen LogP contribution >= 0.6 is 11.3 Å². The molecule has 1 aromatic carbocycles. The highest BCUT2D eigenvalue weighted by atomic mass is 32.1. The van der Waals surface area contributed by atoms with Crippen molar-refractivity contribution in [2.24, 2.45) is 0 Å². The predicted molar refractivity (Wildman–Crippen MR) is 93.1 cm³/mol. The first-order valence-electron chi connectivity index (χ1n) is 7.78. The summed E-state index contributed by atoms with van der Waals surface area (Å²) in [6.45, 7) is 0.659. The molecule has 0 spiro atoms. The van der Waals surface area contributed by atoms with Crippen molar-refractivity contribution < 1.29 is 19.1 Å². The van der Waals surface area contributed by atoms with E-state index in [9.17, 15) is 14.0 Å². The van der Waals surface area contributed by atoms with Gasteiger partial charge in [0.25, 0.3) is 0 Å². The van der Waals surface area contributed by atoms with E-state index in [4.69, 9.17) is 5.11 Å². The number of hydrogen-bond acceptors (Lipinski definition) is 4. The molecule has 1 fully saturated rings. The van der Waals surface area contributed by atoms with Gasteiger partial charge in [-0.3, -0.25) is 9.59 Å². The predicted octanol–water partition coefficient (Wildman–Crippen LogP) is 2.09. The van der Waals surface area contributed by atoms with E-state index < -0.39 is 11.9 Å². The van der Waals surface area contributed by atoms with Crippen LogP contribution in [0.15, 0.2) is 41.8 Å². The summed E-state index contributed by atoms with van der Waals surface area (Å²) in [4.78, 5) is 27.1. The van der Waals surface area contributed by atoms with Crippen LogP contribution in [0, 0.1) is 5.82 Å². The minimum Gasteiger partial charge on any atom is -0.392 e. The molecule has 1 saturated heterocycles. The molecule has 2 aromatic rings. The zero-order valence-electron chi connectivity index (χ0n) is 13.3. The van der Waals surface area contributed by atoms with Crippen LogP contribution in [0.25, 0.3) is 6.08 Å². The third-order valence-electron chi connectivity index (χ3n) is 3.91. The van der Waals surface area contributed by atoms with Crippen LogP contribution in [-0.4, -0.2) is 34.9 Å². The Labute approximate surface area is 148 Å². The van der Waals surface area contributed by atoms with Crippen LogP contribution in [0.4, 0.5) is 4.39 Å². The quantitative estimate of drug-likeness (QED) is 0.821. The van der Waals surface area contributed by atoms with Gasteiger partial charge in [-0.05, 0) is 40.8 Å². The lowest BCUT2D eigenvalue weighted by Gasteiger charge is -2.34. The second kappa shape index (κ2) is 7.58. The van der Waals surface area contributed by atoms with Crippen molar-refractivity contribution in [3.05, 3.63) is 63.6 Å². The summed E-state index contributed by atoms with van der Waals surface area (Å²) >= 11 is 1.42. The maximum atomic E-state index is 13.5. The fraction of sp³-hybridized carbons (Fsp3) is 0.222. The van der Waals surface area contributed by atoms with Crippen LogP contribution < -0.4 is 5.32 Å². The van der Waals surface area contributed by atoms with Gasteiger partial charge in [0, 0.05) is 24.0 Å². The number of aliphatic hydroxyl groups excluding tert-OH is 1. The first-order chi connectivity index (χ1) is 12.1. The topological polar surface area (TPSA) is 69.6 Å². The first-order valence-corrected chi connectivity index (χ1v) is 8.66. The van der Waals surface area contributed by atoms with E-state index in [1.807, 2.05) is 5.38 Å². The average Bonchev–Trinajstić information content (AvgIpc) is 3.07. The van der Waals surface area contributed by atoms with Gasteiger partial charge >= 0.3 is 0 Å². The number of carbonyl (C=O) groups excluding carboxylic acids is 2. The number of piperazine rings is 1. The highest BCUT2D eigenvalue weighted by molar-refractivity contribution is 7.11. The Morgan fingerprint density at radius 2 is 2.28 bits per heavy atom. The van der Waals surface area contributed by atoms with Crippen molar-refractivity contribution >= 4 is 29.2 Å². The number of halogens is 1. The molecule has 25 heavy (non-hydrogen) atoms. The summed E-state index contributed by atoms with van der Waals surface area (Å²) < 4.78 is 13.5. The molecular formula is C18H17FN2O3S. The van der Waals surface area contributed by atoms with Crippen molar-refractivity contribution in [1.82, 2.24) is 10.2 Å². The maximum absolute atomic E-state index is 13.5. The lowest BCUT2D eigenvalue weighted by Crippen LogP contribution is -2.51. The molecule has 130 valence electrons. The van der Waals surface area contributed by atoms with Crippen molar-refractivity contribution in [1.29, 1.82) is 0 Å². The van der Waals surface area contributed by atoms with Gasteiger partial charge in [0.1, 0.15) is 11.9 Å².